The second-order valence-corrected chi connectivity index (χ2v) is 5.61. The molecule has 0 unspecified atom stereocenters. The van der Waals surface area contributed by atoms with Crippen LogP contribution in [0.3, 0.4) is 0 Å². The Kier molecular flexibility index (Phi) is 3.90. The first kappa shape index (κ1) is 15.3. The van der Waals surface area contributed by atoms with Crippen molar-refractivity contribution < 1.29 is 14.6 Å². The summed E-state index contributed by atoms with van der Waals surface area (Å²) in [4.78, 5) is 28.5. The smallest absolute Gasteiger partial charge is 0.347 e. The third-order valence-corrected chi connectivity index (χ3v) is 4.27. The molecule has 0 amide bonds. The molecule has 1 N–H and O–H groups in total. The maximum absolute atomic E-state index is 12.3. The Morgan fingerprint density at radius 3 is 2.83 bits per heavy atom. The minimum absolute atomic E-state index is 0.351. The van der Waals surface area contributed by atoms with Crippen molar-refractivity contribution in [3.63, 3.8) is 0 Å². The quantitative estimate of drug-likeness (QED) is 0.861. The van der Waals surface area contributed by atoms with Crippen LogP contribution in [-0.4, -0.2) is 27.7 Å². The lowest BCUT2D eigenvalue weighted by atomic mass is 9.91. The molecule has 0 radical (unpaired) electrons. The number of aromatic nitrogens is 2. The highest BCUT2D eigenvalue weighted by molar-refractivity contribution is 6.02. The van der Waals surface area contributed by atoms with Crippen LogP contribution in [0.1, 0.15) is 41.6 Å². The molecule has 0 saturated carbocycles. The molecule has 2 aromatic heterocycles. The molecule has 120 valence electrons. The normalized spacial score (nSPS) is 14.6. The van der Waals surface area contributed by atoms with Crippen molar-refractivity contribution in [2.75, 3.05) is 7.11 Å². The minimum atomic E-state index is -0.850. The van der Waals surface area contributed by atoms with Gasteiger partial charge >= 0.3 is 5.97 Å². The number of hydrogen-bond donors (Lipinski definition) is 1. The largest absolute Gasteiger partial charge is 0.506 e. The number of nitrogens with zero attached hydrogens (tertiary/aromatic N) is 2. The van der Waals surface area contributed by atoms with Crippen molar-refractivity contribution in [2.24, 2.45) is 7.05 Å². The summed E-state index contributed by atoms with van der Waals surface area (Å²) in [6.45, 7) is 0. The first-order valence-corrected chi connectivity index (χ1v) is 7.54. The molecule has 23 heavy (non-hydrogen) atoms. The number of hydrogen-bond acceptors (Lipinski definition) is 5. The Balaban J connectivity index is 2.41. The highest BCUT2D eigenvalue weighted by Gasteiger charge is 2.24. The van der Waals surface area contributed by atoms with Crippen molar-refractivity contribution in [3.8, 4) is 5.75 Å². The van der Waals surface area contributed by atoms with E-state index in [0.717, 1.165) is 36.8 Å². The predicted molar refractivity (Wildman–Crippen MR) is 86.4 cm³/mol. The maximum atomic E-state index is 12.3. The number of carbonyl (C=O) groups is 1. The number of ether oxygens (including phenoxy) is 1. The van der Waals surface area contributed by atoms with E-state index in [-0.39, 0.29) is 11.3 Å². The summed E-state index contributed by atoms with van der Waals surface area (Å²) >= 11 is 0. The molecule has 0 saturated heterocycles. The lowest BCUT2D eigenvalue weighted by molar-refractivity contribution is 0.0595. The summed E-state index contributed by atoms with van der Waals surface area (Å²) in [6.07, 6.45) is 7.85. The van der Waals surface area contributed by atoms with E-state index in [1.165, 1.54) is 18.7 Å². The van der Waals surface area contributed by atoms with Gasteiger partial charge in [-0.1, -0.05) is 6.08 Å². The fourth-order valence-corrected chi connectivity index (χ4v) is 3.07. The SMILES string of the molecule is COC(=O)c1c(O)c2c(C3=CCCCC3)ccnc2n(C)c1=O. The average Bonchev–Trinajstić information content (AvgIpc) is 2.59. The van der Waals surface area contributed by atoms with Gasteiger partial charge in [-0.3, -0.25) is 9.36 Å². The average molecular weight is 314 g/mol. The number of aromatic hydroxyl groups is 1. The van der Waals surface area contributed by atoms with Crippen LogP contribution < -0.4 is 5.56 Å². The zero-order chi connectivity index (χ0) is 16.6. The van der Waals surface area contributed by atoms with Crippen LogP contribution in [0.2, 0.25) is 0 Å². The molecular weight excluding hydrogens is 296 g/mol. The van der Waals surface area contributed by atoms with E-state index in [9.17, 15) is 14.7 Å². The molecule has 0 aliphatic heterocycles. The lowest BCUT2D eigenvalue weighted by Crippen LogP contribution is -2.26. The summed E-state index contributed by atoms with van der Waals surface area (Å²) in [5, 5.41) is 11.0. The molecule has 1 aliphatic rings. The Morgan fingerprint density at radius 2 is 2.17 bits per heavy atom. The van der Waals surface area contributed by atoms with E-state index in [4.69, 9.17) is 0 Å². The topological polar surface area (TPSA) is 81.4 Å². The van der Waals surface area contributed by atoms with E-state index in [2.05, 4.69) is 15.8 Å². The van der Waals surface area contributed by atoms with Gasteiger partial charge in [-0.15, -0.1) is 0 Å². The van der Waals surface area contributed by atoms with Crippen molar-refractivity contribution in [2.45, 2.75) is 25.7 Å². The number of carbonyl (C=O) groups excluding carboxylic acids is 1. The van der Waals surface area contributed by atoms with E-state index < -0.39 is 11.5 Å². The molecule has 3 rings (SSSR count). The van der Waals surface area contributed by atoms with Crippen molar-refractivity contribution in [1.82, 2.24) is 9.55 Å². The van der Waals surface area contributed by atoms with Gasteiger partial charge in [0.25, 0.3) is 5.56 Å². The molecule has 0 aromatic carbocycles. The summed E-state index contributed by atoms with van der Waals surface area (Å²) < 4.78 is 5.91. The molecular formula is C17H18N2O4. The number of rotatable bonds is 2. The van der Waals surface area contributed by atoms with Crippen LogP contribution in [0.4, 0.5) is 0 Å². The first-order valence-electron chi connectivity index (χ1n) is 7.54. The van der Waals surface area contributed by atoms with Crippen molar-refractivity contribution in [1.29, 1.82) is 0 Å². The number of aryl methyl sites for hydroxylation is 1. The molecule has 2 aromatic rings. The summed E-state index contributed by atoms with van der Waals surface area (Å²) in [7, 11) is 2.71. The molecule has 0 atom stereocenters. The lowest BCUT2D eigenvalue weighted by Gasteiger charge is -2.17. The van der Waals surface area contributed by atoms with Gasteiger partial charge < -0.3 is 9.84 Å². The van der Waals surface area contributed by atoms with Crippen LogP contribution >= 0.6 is 0 Å². The van der Waals surface area contributed by atoms with Gasteiger partial charge in [0.2, 0.25) is 0 Å². The van der Waals surface area contributed by atoms with E-state index in [0.29, 0.717) is 11.0 Å². The van der Waals surface area contributed by atoms with Gasteiger partial charge in [-0.25, -0.2) is 9.78 Å². The second-order valence-electron chi connectivity index (χ2n) is 5.61. The molecule has 1 aliphatic carbocycles. The van der Waals surface area contributed by atoms with Crippen LogP contribution in [0.5, 0.6) is 5.75 Å². The monoisotopic (exact) mass is 314 g/mol. The van der Waals surface area contributed by atoms with Gasteiger partial charge in [0.05, 0.1) is 12.5 Å². The predicted octanol–water partition coefficient (Wildman–Crippen LogP) is 2.38. The number of allylic oxidation sites excluding steroid dienone is 2. The van der Waals surface area contributed by atoms with Gasteiger partial charge in [-0.2, -0.15) is 0 Å². The highest BCUT2D eigenvalue weighted by atomic mass is 16.5. The van der Waals surface area contributed by atoms with Crippen LogP contribution in [0.25, 0.3) is 16.6 Å². The van der Waals surface area contributed by atoms with Gasteiger partial charge in [-0.05, 0) is 42.9 Å². The van der Waals surface area contributed by atoms with Crippen molar-refractivity contribution >= 4 is 22.6 Å². The Bertz CT molecular complexity index is 880. The van der Waals surface area contributed by atoms with E-state index in [1.807, 2.05) is 6.07 Å². The summed E-state index contributed by atoms with van der Waals surface area (Å²) in [5.74, 6) is -1.21. The minimum Gasteiger partial charge on any atom is -0.506 e. The summed E-state index contributed by atoms with van der Waals surface area (Å²) in [5.41, 5.74) is 1.29. The molecule has 0 spiro atoms. The Hall–Kier alpha value is -2.63. The van der Waals surface area contributed by atoms with E-state index >= 15 is 0 Å². The Morgan fingerprint density at radius 1 is 1.39 bits per heavy atom. The molecule has 0 bridgehead atoms. The fourth-order valence-electron chi connectivity index (χ4n) is 3.07. The van der Waals surface area contributed by atoms with Gasteiger partial charge in [0, 0.05) is 13.2 Å². The second kappa shape index (κ2) is 5.87. The van der Waals surface area contributed by atoms with Crippen LogP contribution in [0, 0.1) is 0 Å². The van der Waals surface area contributed by atoms with Crippen molar-refractivity contribution in [3.05, 3.63) is 39.8 Å². The van der Waals surface area contributed by atoms with Gasteiger partial charge in [0.1, 0.15) is 11.4 Å². The van der Waals surface area contributed by atoms with E-state index in [1.54, 1.807) is 6.20 Å². The third kappa shape index (κ3) is 2.40. The number of fused-ring (bicyclic) bond motifs is 1. The number of pyridine rings is 2. The highest BCUT2D eigenvalue weighted by Crippen LogP contribution is 2.35. The molecule has 6 heteroatoms. The summed E-state index contributed by atoms with van der Waals surface area (Å²) in [6, 6.07) is 1.81. The third-order valence-electron chi connectivity index (χ3n) is 4.27. The number of esters is 1. The zero-order valence-electron chi connectivity index (χ0n) is 13.1. The fraction of sp³-hybridized carbons (Fsp3) is 0.353. The standard InChI is InChI=1S/C17H18N2O4/c1-19-15-12(14(20)13(16(19)21)17(22)23-2)11(8-9-18-15)10-6-4-3-5-7-10/h6,8-9,20H,3-5,7H2,1-2H3. The Labute approximate surface area is 133 Å². The molecule has 0 fully saturated rings. The van der Waals surface area contributed by atoms with Crippen LogP contribution in [-0.2, 0) is 11.8 Å². The maximum Gasteiger partial charge on any atom is 0.347 e. The van der Waals surface area contributed by atoms with Crippen LogP contribution in [0.15, 0.2) is 23.1 Å². The first-order chi connectivity index (χ1) is 11.1. The number of methoxy groups -OCH3 is 1. The molecule has 2 heterocycles. The van der Waals surface area contributed by atoms with Gasteiger partial charge in [0.15, 0.2) is 5.56 Å². The zero-order valence-corrected chi connectivity index (χ0v) is 13.1. The molecule has 6 nitrogen and oxygen atoms in total.